The highest BCUT2D eigenvalue weighted by Gasteiger charge is 2.12. The minimum atomic E-state index is 0.219. The summed E-state index contributed by atoms with van der Waals surface area (Å²) in [5, 5.41) is 11.8. The van der Waals surface area contributed by atoms with Crippen LogP contribution in [0.2, 0.25) is 0 Å². The van der Waals surface area contributed by atoms with Crippen molar-refractivity contribution in [2.75, 3.05) is 0 Å². The third kappa shape index (κ3) is 2.66. The van der Waals surface area contributed by atoms with Crippen molar-refractivity contribution in [3.8, 4) is 11.6 Å². The predicted molar refractivity (Wildman–Crippen MR) is 63.8 cm³/mol. The molecule has 3 aromatic heterocycles. The second-order valence-corrected chi connectivity index (χ2v) is 4.37. The normalized spacial score (nSPS) is 11.0. The van der Waals surface area contributed by atoms with Crippen molar-refractivity contribution in [3.05, 3.63) is 30.2 Å². The van der Waals surface area contributed by atoms with Gasteiger partial charge in [0.15, 0.2) is 5.76 Å². The van der Waals surface area contributed by atoms with Gasteiger partial charge < -0.3 is 19.1 Å². The minimum Gasteiger partial charge on any atom is -0.461 e. The Balaban J connectivity index is 1.64. The molecular weight excluding hydrogens is 270 g/mol. The molecule has 3 heterocycles. The van der Waals surface area contributed by atoms with Gasteiger partial charge in [0.2, 0.25) is 17.6 Å². The van der Waals surface area contributed by atoms with E-state index in [1.807, 2.05) is 0 Å². The van der Waals surface area contributed by atoms with Gasteiger partial charge in [-0.1, -0.05) is 16.9 Å². The van der Waals surface area contributed by atoms with Crippen LogP contribution in [0.5, 0.6) is 0 Å². The largest absolute Gasteiger partial charge is 0.461 e. The van der Waals surface area contributed by atoms with E-state index in [4.69, 9.17) is 19.1 Å². The number of hydrogen-bond acceptors (Lipinski definition) is 9. The molecule has 0 bridgehead atoms. The van der Waals surface area contributed by atoms with Gasteiger partial charge in [-0.3, -0.25) is 0 Å². The number of hydrogen-bond donors (Lipinski definition) is 1. The molecule has 0 saturated carbocycles. The summed E-state index contributed by atoms with van der Waals surface area (Å²) in [7, 11) is 0. The Hall–Kier alpha value is -2.13. The maximum atomic E-state index is 5.37. The van der Waals surface area contributed by atoms with Gasteiger partial charge in [0.05, 0.1) is 18.6 Å². The van der Waals surface area contributed by atoms with Crippen LogP contribution in [0.3, 0.4) is 0 Å². The lowest BCUT2D eigenvalue weighted by Crippen LogP contribution is -1.95. The lowest BCUT2D eigenvalue weighted by molar-refractivity contribution is 0.388. The first-order valence-electron chi connectivity index (χ1n) is 5.37. The van der Waals surface area contributed by atoms with Gasteiger partial charge in [-0.15, -0.1) is 10.2 Å². The lowest BCUT2D eigenvalue weighted by Gasteiger charge is -1.89. The quantitative estimate of drug-likeness (QED) is 0.692. The van der Waals surface area contributed by atoms with E-state index in [-0.39, 0.29) is 6.54 Å². The summed E-state index contributed by atoms with van der Waals surface area (Å²) in [4.78, 5) is 4.19. The standard InChI is InChI=1S/C10H9N5O3S/c11-4-7-13-14-10(17-7)19-5-8-12-9(15-18-8)6-2-1-3-16-6/h1-3H,4-5,11H2. The molecule has 0 amide bonds. The first-order chi connectivity index (χ1) is 9.35. The Labute approximate surface area is 111 Å². The highest BCUT2D eigenvalue weighted by atomic mass is 32.2. The fraction of sp³-hybridized carbons (Fsp3) is 0.200. The van der Waals surface area contributed by atoms with Crippen molar-refractivity contribution in [3.63, 3.8) is 0 Å². The Bertz CT molecular complexity index is 648. The van der Waals surface area contributed by atoms with E-state index >= 15 is 0 Å². The molecule has 0 radical (unpaired) electrons. The molecular formula is C10H9N5O3S. The number of nitrogens with two attached hydrogens (primary N) is 1. The zero-order valence-electron chi connectivity index (χ0n) is 9.65. The third-order valence-electron chi connectivity index (χ3n) is 2.15. The molecule has 0 aliphatic carbocycles. The van der Waals surface area contributed by atoms with E-state index in [2.05, 4.69) is 20.3 Å². The predicted octanol–water partition coefficient (Wildman–Crippen LogP) is 1.46. The Morgan fingerprint density at radius 2 is 2.21 bits per heavy atom. The smallest absolute Gasteiger partial charge is 0.277 e. The molecule has 3 aromatic rings. The maximum absolute atomic E-state index is 5.37. The minimum absolute atomic E-state index is 0.219. The van der Waals surface area contributed by atoms with Crippen molar-refractivity contribution in [2.45, 2.75) is 17.5 Å². The van der Waals surface area contributed by atoms with Gasteiger partial charge in [0, 0.05) is 0 Å². The zero-order chi connectivity index (χ0) is 13.1. The second-order valence-electron chi connectivity index (χ2n) is 3.44. The fourth-order valence-electron chi connectivity index (χ4n) is 1.32. The van der Waals surface area contributed by atoms with E-state index in [9.17, 15) is 0 Å². The topological polar surface area (TPSA) is 117 Å². The van der Waals surface area contributed by atoms with Gasteiger partial charge in [-0.25, -0.2) is 0 Å². The van der Waals surface area contributed by atoms with Crippen LogP contribution in [-0.4, -0.2) is 20.3 Å². The van der Waals surface area contributed by atoms with Crippen molar-refractivity contribution in [2.24, 2.45) is 5.73 Å². The summed E-state index contributed by atoms with van der Waals surface area (Å²) in [6, 6.07) is 3.51. The van der Waals surface area contributed by atoms with Crippen LogP contribution < -0.4 is 5.73 Å². The first-order valence-corrected chi connectivity index (χ1v) is 6.35. The summed E-state index contributed by atoms with van der Waals surface area (Å²) in [6.07, 6.45) is 1.55. The molecule has 19 heavy (non-hydrogen) atoms. The van der Waals surface area contributed by atoms with E-state index in [0.29, 0.717) is 34.3 Å². The lowest BCUT2D eigenvalue weighted by atomic mass is 10.4. The molecule has 0 atom stereocenters. The molecule has 8 nitrogen and oxygen atoms in total. The van der Waals surface area contributed by atoms with Crippen LogP contribution in [0, 0.1) is 0 Å². The molecule has 98 valence electrons. The summed E-state index contributed by atoms with van der Waals surface area (Å²) >= 11 is 1.30. The number of nitrogens with zero attached hydrogens (tertiary/aromatic N) is 4. The number of aromatic nitrogens is 4. The monoisotopic (exact) mass is 279 g/mol. The number of thioether (sulfide) groups is 1. The Kier molecular flexibility index (Phi) is 3.29. The van der Waals surface area contributed by atoms with Crippen LogP contribution in [0.25, 0.3) is 11.6 Å². The number of furan rings is 1. The summed E-state index contributed by atoms with van der Waals surface area (Å²) < 4.78 is 15.5. The van der Waals surface area contributed by atoms with Gasteiger partial charge in [-0.2, -0.15) is 4.98 Å². The molecule has 3 rings (SSSR count). The van der Waals surface area contributed by atoms with Crippen LogP contribution in [0.1, 0.15) is 11.8 Å². The van der Waals surface area contributed by atoms with Crippen LogP contribution in [-0.2, 0) is 12.3 Å². The highest BCUT2D eigenvalue weighted by Crippen LogP contribution is 2.22. The van der Waals surface area contributed by atoms with Gasteiger partial charge in [-0.05, 0) is 12.1 Å². The second kappa shape index (κ2) is 5.24. The molecule has 2 N–H and O–H groups in total. The average Bonchev–Trinajstić information content (AvgIpc) is 3.16. The molecule has 0 unspecified atom stereocenters. The molecule has 0 saturated heterocycles. The van der Waals surface area contributed by atoms with Gasteiger partial charge in [0.1, 0.15) is 0 Å². The molecule has 0 aliphatic heterocycles. The highest BCUT2D eigenvalue weighted by molar-refractivity contribution is 7.98. The zero-order valence-corrected chi connectivity index (χ0v) is 10.5. The fourth-order valence-corrected chi connectivity index (χ4v) is 1.94. The van der Waals surface area contributed by atoms with Crippen molar-refractivity contribution < 1.29 is 13.4 Å². The maximum Gasteiger partial charge on any atom is 0.277 e. The van der Waals surface area contributed by atoms with Crippen molar-refractivity contribution in [1.29, 1.82) is 0 Å². The van der Waals surface area contributed by atoms with E-state index < -0.39 is 0 Å². The van der Waals surface area contributed by atoms with Crippen LogP contribution in [0.15, 0.2) is 37.0 Å². The third-order valence-corrected chi connectivity index (χ3v) is 2.95. The van der Waals surface area contributed by atoms with Crippen molar-refractivity contribution >= 4 is 11.8 Å². The molecule has 0 fully saturated rings. The van der Waals surface area contributed by atoms with Gasteiger partial charge in [0.25, 0.3) is 5.22 Å². The summed E-state index contributed by atoms with van der Waals surface area (Å²) in [5.74, 6) is 2.24. The molecule has 0 aliphatic rings. The van der Waals surface area contributed by atoms with Crippen LogP contribution in [0.4, 0.5) is 0 Å². The molecule has 9 heteroatoms. The average molecular weight is 279 g/mol. The molecule has 0 spiro atoms. The van der Waals surface area contributed by atoms with Crippen LogP contribution >= 0.6 is 11.8 Å². The summed E-state index contributed by atoms with van der Waals surface area (Å²) in [5.41, 5.74) is 5.37. The van der Waals surface area contributed by atoms with Gasteiger partial charge >= 0.3 is 0 Å². The SMILES string of the molecule is NCc1nnc(SCc2nc(-c3ccco3)no2)o1. The van der Waals surface area contributed by atoms with E-state index in [1.165, 1.54) is 11.8 Å². The van der Waals surface area contributed by atoms with E-state index in [1.54, 1.807) is 18.4 Å². The first kappa shape index (κ1) is 11.9. The van der Waals surface area contributed by atoms with E-state index in [0.717, 1.165) is 0 Å². The van der Waals surface area contributed by atoms with Crippen molar-refractivity contribution in [1.82, 2.24) is 20.3 Å². The molecule has 0 aromatic carbocycles. The summed E-state index contributed by atoms with van der Waals surface area (Å²) in [6.45, 7) is 0.219. The number of rotatable bonds is 5. The Morgan fingerprint density at radius 3 is 2.95 bits per heavy atom. The Morgan fingerprint density at radius 1 is 1.26 bits per heavy atom.